The average Bonchev–Trinajstić information content (AvgIpc) is 3.33. The number of rotatable bonds is 8. The lowest BCUT2D eigenvalue weighted by molar-refractivity contribution is 0.0952. The highest BCUT2D eigenvalue weighted by Crippen LogP contribution is 2.40. The van der Waals surface area contributed by atoms with Gasteiger partial charge in [-0.1, -0.05) is 19.8 Å². The monoisotopic (exact) mass is 336 g/mol. The third-order valence-corrected chi connectivity index (χ3v) is 6.03. The molecular weight excluding hydrogens is 308 g/mol. The smallest absolute Gasteiger partial charge is 0.254 e. The van der Waals surface area contributed by atoms with Crippen LogP contribution in [0.4, 0.5) is 5.00 Å². The number of hydrogen-bond acceptors (Lipinski definition) is 4. The van der Waals surface area contributed by atoms with Gasteiger partial charge in [0.1, 0.15) is 11.2 Å². The molecule has 0 saturated heterocycles. The van der Waals surface area contributed by atoms with E-state index in [1.54, 1.807) is 11.3 Å². The highest BCUT2D eigenvalue weighted by Gasteiger charge is 2.32. The Hall–Kier alpha value is -1.07. The summed E-state index contributed by atoms with van der Waals surface area (Å²) < 4.78 is 0. The van der Waals surface area contributed by atoms with Crippen molar-refractivity contribution in [3.8, 4) is 0 Å². The van der Waals surface area contributed by atoms with Gasteiger partial charge >= 0.3 is 0 Å². The van der Waals surface area contributed by atoms with Crippen molar-refractivity contribution in [3.63, 3.8) is 0 Å². The number of fused-ring (bicyclic) bond motifs is 1. The Balaban J connectivity index is 1.74. The van der Waals surface area contributed by atoms with E-state index < -0.39 is 6.23 Å². The predicted molar refractivity (Wildman–Crippen MR) is 95.2 cm³/mol. The molecule has 1 heterocycles. The molecule has 0 aromatic carbocycles. The van der Waals surface area contributed by atoms with Gasteiger partial charge in [-0.2, -0.15) is 0 Å². The Morgan fingerprint density at radius 1 is 1.30 bits per heavy atom. The van der Waals surface area contributed by atoms with Crippen LogP contribution in [-0.4, -0.2) is 23.8 Å². The van der Waals surface area contributed by atoms with Gasteiger partial charge in [0, 0.05) is 17.3 Å². The number of amides is 1. The molecule has 1 atom stereocenters. The number of nitrogens with one attached hydrogen (secondary N) is 2. The van der Waals surface area contributed by atoms with Crippen molar-refractivity contribution in [1.29, 1.82) is 0 Å². The van der Waals surface area contributed by atoms with Crippen LogP contribution in [0.1, 0.15) is 72.7 Å². The molecular formula is C18H28N2O2S. The van der Waals surface area contributed by atoms with E-state index in [2.05, 4.69) is 17.6 Å². The fraction of sp³-hybridized carbons (Fsp3) is 0.722. The van der Waals surface area contributed by atoms with Crippen LogP contribution in [0, 0.1) is 5.92 Å². The van der Waals surface area contributed by atoms with E-state index in [4.69, 9.17) is 0 Å². The summed E-state index contributed by atoms with van der Waals surface area (Å²) in [6.07, 6.45) is 9.40. The number of carbonyl (C=O) groups is 1. The second-order valence-corrected chi connectivity index (χ2v) is 7.91. The van der Waals surface area contributed by atoms with Gasteiger partial charge in [0.25, 0.3) is 5.91 Å². The zero-order chi connectivity index (χ0) is 16.2. The van der Waals surface area contributed by atoms with E-state index in [0.717, 1.165) is 68.5 Å². The molecule has 0 aliphatic heterocycles. The number of anilines is 1. The molecule has 2 aliphatic carbocycles. The zero-order valence-electron chi connectivity index (χ0n) is 14.0. The minimum Gasteiger partial charge on any atom is -0.374 e. The second-order valence-electron chi connectivity index (χ2n) is 6.80. The molecule has 1 saturated carbocycles. The second kappa shape index (κ2) is 7.67. The molecule has 1 aromatic heterocycles. The lowest BCUT2D eigenvalue weighted by atomic mass is 9.95. The molecule has 1 amide bonds. The average molecular weight is 337 g/mol. The fourth-order valence-electron chi connectivity index (χ4n) is 3.24. The third kappa shape index (κ3) is 4.07. The first-order chi connectivity index (χ1) is 11.2. The molecule has 5 heteroatoms. The Morgan fingerprint density at radius 2 is 2.09 bits per heavy atom. The molecule has 4 nitrogen and oxygen atoms in total. The van der Waals surface area contributed by atoms with Gasteiger partial charge in [0.15, 0.2) is 0 Å². The van der Waals surface area contributed by atoms with Crippen molar-refractivity contribution in [2.75, 3.05) is 11.9 Å². The van der Waals surface area contributed by atoms with Crippen molar-refractivity contribution < 1.29 is 9.90 Å². The number of aliphatic hydroxyl groups excluding tert-OH is 1. The van der Waals surface area contributed by atoms with E-state index in [0.29, 0.717) is 5.92 Å². The molecule has 3 rings (SSSR count). The topological polar surface area (TPSA) is 61.4 Å². The molecule has 1 unspecified atom stereocenters. The maximum atomic E-state index is 12.7. The van der Waals surface area contributed by atoms with E-state index in [-0.39, 0.29) is 5.91 Å². The normalized spacial score (nSPS) is 18.3. The van der Waals surface area contributed by atoms with Crippen molar-refractivity contribution in [1.82, 2.24) is 5.32 Å². The molecule has 0 radical (unpaired) electrons. The molecule has 0 bridgehead atoms. The lowest BCUT2D eigenvalue weighted by Gasteiger charge is -2.15. The summed E-state index contributed by atoms with van der Waals surface area (Å²) in [6, 6.07) is 0. The van der Waals surface area contributed by atoms with Crippen LogP contribution in [0.15, 0.2) is 0 Å². The number of thiophene rings is 1. The minimum absolute atomic E-state index is 0.0333. The Labute approximate surface area is 142 Å². The van der Waals surface area contributed by atoms with Crippen LogP contribution in [0.25, 0.3) is 0 Å². The lowest BCUT2D eigenvalue weighted by Crippen LogP contribution is -2.28. The third-order valence-electron chi connectivity index (χ3n) is 4.81. The molecule has 128 valence electrons. The van der Waals surface area contributed by atoms with E-state index in [1.807, 2.05) is 0 Å². The number of carbonyl (C=O) groups excluding carboxylic acids is 1. The summed E-state index contributed by atoms with van der Waals surface area (Å²) in [6.45, 7) is 2.90. The molecule has 23 heavy (non-hydrogen) atoms. The SMILES string of the molecule is CCCCCNC(=O)c1c(NC(O)C2CC2)sc2c1CCCC2. The Morgan fingerprint density at radius 3 is 2.83 bits per heavy atom. The summed E-state index contributed by atoms with van der Waals surface area (Å²) in [4.78, 5) is 14.0. The highest BCUT2D eigenvalue weighted by molar-refractivity contribution is 7.16. The fourth-order valence-corrected chi connectivity index (χ4v) is 4.55. The van der Waals surface area contributed by atoms with Crippen LogP contribution < -0.4 is 10.6 Å². The van der Waals surface area contributed by atoms with Gasteiger partial charge in [0.2, 0.25) is 0 Å². The van der Waals surface area contributed by atoms with Gasteiger partial charge in [0.05, 0.1) is 5.56 Å². The van der Waals surface area contributed by atoms with Gasteiger partial charge in [-0.15, -0.1) is 11.3 Å². The standard InChI is InChI=1S/C18H28N2O2S/c1-2-3-6-11-19-17(22)15-13-7-4-5-8-14(13)23-18(15)20-16(21)12-9-10-12/h12,16,20-21H,2-11H2,1H3,(H,19,22). The first-order valence-electron chi connectivity index (χ1n) is 9.08. The van der Waals surface area contributed by atoms with Crippen molar-refractivity contribution in [2.45, 2.75) is 70.9 Å². The molecule has 0 spiro atoms. The van der Waals surface area contributed by atoms with Crippen LogP contribution in [0.2, 0.25) is 0 Å². The summed E-state index contributed by atoms with van der Waals surface area (Å²) in [5.74, 6) is 0.389. The van der Waals surface area contributed by atoms with Crippen LogP contribution in [0.3, 0.4) is 0 Å². The first-order valence-corrected chi connectivity index (χ1v) is 9.89. The number of aliphatic hydroxyl groups is 1. The summed E-state index contributed by atoms with van der Waals surface area (Å²) in [5.41, 5.74) is 2.03. The van der Waals surface area contributed by atoms with Gasteiger partial charge in [-0.3, -0.25) is 4.79 Å². The summed E-state index contributed by atoms with van der Waals surface area (Å²) >= 11 is 1.68. The maximum absolute atomic E-state index is 12.7. The Bertz CT molecular complexity index is 551. The first kappa shape index (κ1) is 16.8. The van der Waals surface area contributed by atoms with Gasteiger partial charge in [-0.05, 0) is 50.5 Å². The summed E-state index contributed by atoms with van der Waals surface area (Å²) in [5, 5.41) is 17.4. The Kier molecular flexibility index (Phi) is 5.59. The molecule has 2 aliphatic rings. The number of unbranched alkanes of at least 4 members (excludes halogenated alkanes) is 2. The molecule has 1 aromatic rings. The number of hydrogen-bond donors (Lipinski definition) is 3. The quantitative estimate of drug-likeness (QED) is 0.501. The van der Waals surface area contributed by atoms with Crippen LogP contribution in [-0.2, 0) is 12.8 Å². The van der Waals surface area contributed by atoms with Crippen molar-refractivity contribution in [2.24, 2.45) is 5.92 Å². The minimum atomic E-state index is -0.512. The predicted octanol–water partition coefficient (Wildman–Crippen LogP) is 3.69. The molecule has 1 fully saturated rings. The highest BCUT2D eigenvalue weighted by atomic mass is 32.1. The van der Waals surface area contributed by atoms with Gasteiger partial charge in [-0.25, -0.2) is 0 Å². The van der Waals surface area contributed by atoms with E-state index in [1.165, 1.54) is 16.9 Å². The van der Waals surface area contributed by atoms with Gasteiger partial charge < -0.3 is 15.7 Å². The molecule has 3 N–H and O–H groups in total. The van der Waals surface area contributed by atoms with E-state index >= 15 is 0 Å². The largest absolute Gasteiger partial charge is 0.374 e. The van der Waals surface area contributed by atoms with Crippen molar-refractivity contribution >= 4 is 22.2 Å². The van der Waals surface area contributed by atoms with E-state index in [9.17, 15) is 9.90 Å². The zero-order valence-corrected chi connectivity index (χ0v) is 14.8. The maximum Gasteiger partial charge on any atom is 0.254 e. The van der Waals surface area contributed by atoms with Crippen molar-refractivity contribution in [3.05, 3.63) is 16.0 Å². The number of aryl methyl sites for hydroxylation is 1. The van der Waals surface area contributed by atoms with Crippen LogP contribution >= 0.6 is 11.3 Å². The summed E-state index contributed by atoms with van der Waals surface area (Å²) in [7, 11) is 0. The van der Waals surface area contributed by atoms with Crippen LogP contribution in [0.5, 0.6) is 0 Å².